The van der Waals surface area contributed by atoms with Crippen molar-refractivity contribution in [2.24, 2.45) is 0 Å². The fourth-order valence-corrected chi connectivity index (χ4v) is 4.15. The fraction of sp³-hybridized carbons (Fsp3) is 0.400. The van der Waals surface area contributed by atoms with Crippen LogP contribution in [0.1, 0.15) is 10.7 Å². The highest BCUT2D eigenvalue weighted by molar-refractivity contribution is 7.89. The van der Waals surface area contributed by atoms with Crippen LogP contribution in [0.2, 0.25) is 0 Å². The largest absolute Gasteiger partial charge is 0.379 e. The third-order valence-corrected chi connectivity index (χ3v) is 5.94. The molecule has 0 spiro atoms. The van der Waals surface area contributed by atoms with Gasteiger partial charge in [-0.15, -0.1) is 11.3 Å². The van der Waals surface area contributed by atoms with Gasteiger partial charge in [0.25, 0.3) is 0 Å². The van der Waals surface area contributed by atoms with Gasteiger partial charge in [0.2, 0.25) is 10.0 Å². The van der Waals surface area contributed by atoms with Gasteiger partial charge < -0.3 is 4.74 Å². The Labute approximate surface area is 144 Å². The molecule has 1 N–H and O–H groups in total. The Kier molecular flexibility index (Phi) is 5.57. The van der Waals surface area contributed by atoms with E-state index in [-0.39, 0.29) is 11.4 Å². The second kappa shape index (κ2) is 7.66. The molecular formula is C15H18FN3O3S2. The molecule has 6 nitrogen and oxygen atoms in total. The summed E-state index contributed by atoms with van der Waals surface area (Å²) < 4.78 is 45.0. The molecule has 1 aromatic carbocycles. The highest BCUT2D eigenvalue weighted by Gasteiger charge is 2.16. The van der Waals surface area contributed by atoms with Crippen LogP contribution in [0, 0.1) is 5.82 Å². The monoisotopic (exact) mass is 371 g/mol. The van der Waals surface area contributed by atoms with Crippen molar-refractivity contribution in [3.05, 3.63) is 46.2 Å². The van der Waals surface area contributed by atoms with Gasteiger partial charge in [0, 0.05) is 25.0 Å². The first-order valence-electron chi connectivity index (χ1n) is 7.51. The third-order valence-electron chi connectivity index (χ3n) is 3.63. The minimum absolute atomic E-state index is 0.0361. The lowest BCUT2D eigenvalue weighted by Crippen LogP contribution is -2.35. The molecule has 0 bridgehead atoms. The van der Waals surface area contributed by atoms with Crippen molar-refractivity contribution in [3.8, 4) is 0 Å². The highest BCUT2D eigenvalue weighted by atomic mass is 32.2. The minimum Gasteiger partial charge on any atom is -0.379 e. The average molecular weight is 371 g/mol. The summed E-state index contributed by atoms with van der Waals surface area (Å²) in [5, 5.41) is 2.64. The van der Waals surface area contributed by atoms with Gasteiger partial charge >= 0.3 is 0 Å². The van der Waals surface area contributed by atoms with Crippen molar-refractivity contribution in [2.45, 2.75) is 18.0 Å². The summed E-state index contributed by atoms with van der Waals surface area (Å²) in [5.41, 5.74) is 0.929. The molecule has 1 aliphatic heterocycles. The molecule has 0 aliphatic carbocycles. The standard InChI is InChI=1S/C15H18FN3O3S2/c16-12-1-3-14(4-2-12)24(20,21)17-9-15-18-13(11-23-15)10-19-5-7-22-8-6-19/h1-4,11,17H,5-10H2. The van der Waals surface area contributed by atoms with Crippen LogP contribution >= 0.6 is 11.3 Å². The molecule has 0 saturated carbocycles. The summed E-state index contributed by atoms with van der Waals surface area (Å²) in [4.78, 5) is 6.76. The second-order valence-electron chi connectivity index (χ2n) is 5.40. The lowest BCUT2D eigenvalue weighted by Gasteiger charge is -2.25. The van der Waals surface area contributed by atoms with E-state index in [1.165, 1.54) is 23.5 Å². The molecule has 0 radical (unpaired) electrons. The maximum Gasteiger partial charge on any atom is 0.240 e. The van der Waals surface area contributed by atoms with Gasteiger partial charge in [0.05, 0.1) is 30.3 Å². The zero-order chi connectivity index (χ0) is 17.0. The molecule has 130 valence electrons. The number of thiazole rings is 1. The van der Waals surface area contributed by atoms with E-state index in [2.05, 4.69) is 14.6 Å². The first kappa shape index (κ1) is 17.4. The number of aromatic nitrogens is 1. The smallest absolute Gasteiger partial charge is 0.240 e. The van der Waals surface area contributed by atoms with Gasteiger partial charge in [-0.05, 0) is 24.3 Å². The zero-order valence-corrected chi connectivity index (χ0v) is 14.6. The summed E-state index contributed by atoms with van der Waals surface area (Å²) in [7, 11) is -3.67. The van der Waals surface area contributed by atoms with Gasteiger partial charge in [-0.2, -0.15) is 0 Å². The van der Waals surface area contributed by atoms with Crippen LogP contribution in [0.4, 0.5) is 4.39 Å². The minimum atomic E-state index is -3.67. The van der Waals surface area contributed by atoms with E-state index in [1.54, 1.807) is 0 Å². The van der Waals surface area contributed by atoms with E-state index >= 15 is 0 Å². The van der Waals surface area contributed by atoms with Crippen molar-refractivity contribution < 1.29 is 17.5 Å². The number of morpholine rings is 1. The Balaban J connectivity index is 1.57. The molecule has 24 heavy (non-hydrogen) atoms. The van der Waals surface area contributed by atoms with E-state index in [1.807, 2.05) is 5.38 Å². The zero-order valence-electron chi connectivity index (χ0n) is 12.9. The maximum atomic E-state index is 12.9. The van der Waals surface area contributed by atoms with Gasteiger partial charge in [-0.3, -0.25) is 4.90 Å². The molecule has 1 aliphatic rings. The van der Waals surface area contributed by atoms with E-state index in [0.717, 1.165) is 50.7 Å². The number of hydrogen-bond acceptors (Lipinski definition) is 6. The van der Waals surface area contributed by atoms with E-state index < -0.39 is 15.8 Å². The van der Waals surface area contributed by atoms with Crippen molar-refractivity contribution >= 4 is 21.4 Å². The molecule has 2 heterocycles. The van der Waals surface area contributed by atoms with Crippen LogP contribution in [0.25, 0.3) is 0 Å². The number of halogens is 1. The lowest BCUT2D eigenvalue weighted by molar-refractivity contribution is 0.0337. The SMILES string of the molecule is O=S(=O)(NCc1nc(CN2CCOCC2)cs1)c1ccc(F)cc1. The molecule has 1 fully saturated rings. The Hall–Kier alpha value is -1.39. The maximum absolute atomic E-state index is 12.9. The molecule has 9 heteroatoms. The second-order valence-corrected chi connectivity index (χ2v) is 8.11. The highest BCUT2D eigenvalue weighted by Crippen LogP contribution is 2.15. The molecule has 3 rings (SSSR count). The molecule has 1 aromatic heterocycles. The summed E-state index contributed by atoms with van der Waals surface area (Å²) in [5.74, 6) is -0.471. The first-order chi connectivity index (χ1) is 11.5. The fourth-order valence-electron chi connectivity index (χ4n) is 2.34. The van der Waals surface area contributed by atoms with Gasteiger partial charge in [-0.25, -0.2) is 22.5 Å². The Morgan fingerprint density at radius 1 is 1.25 bits per heavy atom. The summed E-state index contributed by atoms with van der Waals surface area (Å²) in [6, 6.07) is 4.73. The quantitative estimate of drug-likeness (QED) is 0.835. The van der Waals surface area contributed by atoms with E-state index in [0.29, 0.717) is 5.01 Å². The lowest BCUT2D eigenvalue weighted by atomic mass is 10.3. The Morgan fingerprint density at radius 2 is 1.96 bits per heavy atom. The number of ether oxygens (including phenoxy) is 1. The first-order valence-corrected chi connectivity index (χ1v) is 9.88. The summed E-state index contributed by atoms with van der Waals surface area (Å²) in [6.45, 7) is 4.08. The van der Waals surface area contributed by atoms with Crippen molar-refractivity contribution in [3.63, 3.8) is 0 Å². The number of rotatable bonds is 6. The van der Waals surface area contributed by atoms with Crippen LogP contribution in [-0.2, 0) is 27.8 Å². The molecule has 0 amide bonds. The molecule has 0 unspecified atom stereocenters. The molecule has 0 atom stereocenters. The van der Waals surface area contributed by atoms with Crippen molar-refractivity contribution in [1.29, 1.82) is 0 Å². The van der Waals surface area contributed by atoms with Crippen molar-refractivity contribution in [1.82, 2.24) is 14.6 Å². The Morgan fingerprint density at radius 3 is 2.67 bits per heavy atom. The van der Waals surface area contributed by atoms with Gasteiger partial charge in [-0.1, -0.05) is 0 Å². The van der Waals surface area contributed by atoms with Gasteiger partial charge in [0.1, 0.15) is 10.8 Å². The topological polar surface area (TPSA) is 71.5 Å². The normalized spacial score (nSPS) is 16.4. The predicted octanol–water partition coefficient (Wildman–Crippen LogP) is 1.59. The number of hydrogen-bond donors (Lipinski definition) is 1. The average Bonchev–Trinajstić information content (AvgIpc) is 3.02. The number of sulfonamides is 1. The third kappa shape index (κ3) is 4.58. The Bertz CT molecular complexity index is 772. The molecule has 1 saturated heterocycles. The van der Waals surface area contributed by atoms with Crippen LogP contribution in [0.15, 0.2) is 34.5 Å². The number of benzene rings is 1. The van der Waals surface area contributed by atoms with E-state index in [4.69, 9.17) is 4.74 Å². The van der Waals surface area contributed by atoms with Crippen LogP contribution in [0.5, 0.6) is 0 Å². The predicted molar refractivity (Wildman–Crippen MR) is 88.6 cm³/mol. The van der Waals surface area contributed by atoms with Crippen molar-refractivity contribution in [2.75, 3.05) is 26.3 Å². The number of nitrogens with one attached hydrogen (secondary N) is 1. The van der Waals surface area contributed by atoms with Gasteiger partial charge in [0.15, 0.2) is 0 Å². The number of nitrogens with zero attached hydrogens (tertiary/aromatic N) is 2. The van der Waals surface area contributed by atoms with Crippen LogP contribution in [-0.4, -0.2) is 44.6 Å². The molecule has 2 aromatic rings. The summed E-state index contributed by atoms with van der Waals surface area (Å²) in [6.07, 6.45) is 0. The van der Waals surface area contributed by atoms with Crippen LogP contribution in [0.3, 0.4) is 0 Å². The van der Waals surface area contributed by atoms with E-state index in [9.17, 15) is 12.8 Å². The van der Waals surface area contributed by atoms with Crippen LogP contribution < -0.4 is 4.72 Å². The summed E-state index contributed by atoms with van der Waals surface area (Å²) >= 11 is 1.42. The molecular weight excluding hydrogens is 353 g/mol.